The number of aromatic nitrogens is 2. The van der Waals surface area contributed by atoms with Crippen molar-refractivity contribution in [2.24, 2.45) is 0 Å². The molecule has 0 fully saturated rings. The molecule has 1 rings (SSSR count). The largest absolute Gasteiger partial charge is 0.382 e. The number of nitrogens with zero attached hydrogens (tertiary/aromatic N) is 3. The second-order valence-corrected chi connectivity index (χ2v) is 5.15. The molecule has 0 bridgehead atoms. The van der Waals surface area contributed by atoms with Gasteiger partial charge in [0, 0.05) is 38.5 Å². The normalized spacial score (nSPS) is 12.9. The van der Waals surface area contributed by atoms with Crippen molar-refractivity contribution in [2.75, 3.05) is 39.2 Å². The van der Waals surface area contributed by atoms with Crippen molar-refractivity contribution < 1.29 is 4.74 Å². The molecule has 1 heterocycles. The molecule has 1 aromatic heterocycles. The van der Waals surface area contributed by atoms with E-state index in [9.17, 15) is 0 Å². The van der Waals surface area contributed by atoms with E-state index in [1.807, 2.05) is 13.8 Å². The van der Waals surface area contributed by atoms with E-state index in [4.69, 9.17) is 4.74 Å². The number of likely N-dealkylation sites (N-methyl/N-ethyl adjacent to an activating group) is 1. The first-order valence-electron chi connectivity index (χ1n) is 7.06. The molecular weight excluding hydrogens is 240 g/mol. The lowest BCUT2D eigenvalue weighted by atomic mass is 10.3. The van der Waals surface area contributed by atoms with Gasteiger partial charge in [-0.05, 0) is 41.3 Å². The summed E-state index contributed by atoms with van der Waals surface area (Å²) in [5.41, 5.74) is 1.05. The number of rotatable bonds is 9. The van der Waals surface area contributed by atoms with Gasteiger partial charge in [-0.25, -0.2) is 4.98 Å². The topological polar surface area (TPSA) is 42.3 Å². The van der Waals surface area contributed by atoms with Gasteiger partial charge >= 0.3 is 0 Å². The zero-order valence-electron chi connectivity index (χ0n) is 12.9. The van der Waals surface area contributed by atoms with Crippen LogP contribution in [0, 0.1) is 6.92 Å². The molecule has 0 amide bonds. The van der Waals surface area contributed by atoms with Gasteiger partial charge in [0.2, 0.25) is 5.95 Å². The van der Waals surface area contributed by atoms with Gasteiger partial charge in [0.15, 0.2) is 0 Å². The highest BCUT2D eigenvalue weighted by Crippen LogP contribution is 2.10. The summed E-state index contributed by atoms with van der Waals surface area (Å²) in [5, 5.41) is 3.39. The van der Waals surface area contributed by atoms with Crippen LogP contribution >= 0.6 is 0 Å². The van der Waals surface area contributed by atoms with Crippen molar-refractivity contribution in [3.63, 3.8) is 0 Å². The maximum atomic E-state index is 5.33. The summed E-state index contributed by atoms with van der Waals surface area (Å²) >= 11 is 0. The first kappa shape index (κ1) is 16.0. The standard InChI is InChI=1S/C14H28N4O/c1-6-19-9-7-8-15-14-16-12(2)10-18(14)11-13(3)17(4)5/h10,13H,6-9,11H2,1-5H3,(H,15,16). The minimum Gasteiger partial charge on any atom is -0.382 e. The summed E-state index contributed by atoms with van der Waals surface area (Å²) < 4.78 is 7.52. The SMILES string of the molecule is CCOCCCNc1nc(C)cn1CC(C)N(C)C. The predicted molar refractivity (Wildman–Crippen MR) is 79.7 cm³/mol. The van der Waals surface area contributed by atoms with E-state index in [0.717, 1.165) is 44.4 Å². The van der Waals surface area contributed by atoms with Gasteiger partial charge in [0.25, 0.3) is 0 Å². The number of imidazole rings is 1. The first-order chi connectivity index (χ1) is 9.04. The molecule has 0 saturated carbocycles. The third-order valence-corrected chi connectivity index (χ3v) is 3.19. The minimum atomic E-state index is 0.484. The summed E-state index contributed by atoms with van der Waals surface area (Å²) in [6, 6.07) is 0.484. The number of hydrogen-bond donors (Lipinski definition) is 1. The maximum Gasteiger partial charge on any atom is 0.203 e. The number of anilines is 1. The summed E-state index contributed by atoms with van der Waals surface area (Å²) in [5.74, 6) is 0.961. The molecule has 0 aliphatic heterocycles. The molecule has 110 valence electrons. The minimum absolute atomic E-state index is 0.484. The van der Waals surface area contributed by atoms with Crippen LogP contribution in [-0.2, 0) is 11.3 Å². The molecule has 0 aromatic carbocycles. The molecule has 0 spiro atoms. The zero-order valence-corrected chi connectivity index (χ0v) is 12.9. The first-order valence-corrected chi connectivity index (χ1v) is 7.06. The van der Waals surface area contributed by atoms with Gasteiger partial charge in [0.05, 0.1) is 5.69 Å². The Balaban J connectivity index is 2.48. The number of nitrogens with one attached hydrogen (secondary N) is 1. The van der Waals surface area contributed by atoms with Crippen LogP contribution in [0.15, 0.2) is 6.20 Å². The Morgan fingerprint density at radius 2 is 2.21 bits per heavy atom. The van der Waals surface area contributed by atoms with E-state index >= 15 is 0 Å². The fourth-order valence-electron chi connectivity index (χ4n) is 1.79. The van der Waals surface area contributed by atoms with E-state index in [0.29, 0.717) is 6.04 Å². The second kappa shape index (κ2) is 8.17. The van der Waals surface area contributed by atoms with Crippen LogP contribution in [-0.4, -0.2) is 54.3 Å². The highest BCUT2D eigenvalue weighted by Gasteiger charge is 2.10. The Labute approximate surface area is 117 Å². The van der Waals surface area contributed by atoms with E-state index in [-0.39, 0.29) is 0 Å². The molecule has 5 nitrogen and oxygen atoms in total. The summed E-state index contributed by atoms with van der Waals surface area (Å²) in [6.45, 7) is 9.70. The molecule has 5 heteroatoms. The zero-order chi connectivity index (χ0) is 14.3. The van der Waals surface area contributed by atoms with Gasteiger partial charge in [-0.3, -0.25) is 0 Å². The van der Waals surface area contributed by atoms with Gasteiger partial charge in [-0.1, -0.05) is 0 Å². The van der Waals surface area contributed by atoms with Crippen LogP contribution in [0.4, 0.5) is 5.95 Å². The molecule has 1 aromatic rings. The fourth-order valence-corrected chi connectivity index (χ4v) is 1.79. The van der Waals surface area contributed by atoms with Crippen molar-refractivity contribution in [1.82, 2.24) is 14.5 Å². The highest BCUT2D eigenvalue weighted by molar-refractivity contribution is 5.28. The van der Waals surface area contributed by atoms with E-state index in [1.54, 1.807) is 0 Å². The van der Waals surface area contributed by atoms with E-state index in [2.05, 4.69) is 47.0 Å². The molecule has 1 N–H and O–H groups in total. The summed E-state index contributed by atoms with van der Waals surface area (Å²) in [4.78, 5) is 6.75. The van der Waals surface area contributed by atoms with Crippen LogP contribution in [0.5, 0.6) is 0 Å². The maximum absolute atomic E-state index is 5.33. The average Bonchev–Trinajstić information content (AvgIpc) is 2.69. The van der Waals surface area contributed by atoms with E-state index in [1.165, 1.54) is 0 Å². The lowest BCUT2D eigenvalue weighted by Crippen LogP contribution is -2.29. The Morgan fingerprint density at radius 3 is 2.84 bits per heavy atom. The van der Waals surface area contributed by atoms with Gasteiger partial charge < -0.3 is 19.5 Å². The van der Waals surface area contributed by atoms with Crippen molar-refractivity contribution >= 4 is 5.95 Å². The average molecular weight is 268 g/mol. The van der Waals surface area contributed by atoms with Crippen LogP contribution < -0.4 is 5.32 Å². The molecular formula is C14H28N4O. The third-order valence-electron chi connectivity index (χ3n) is 3.19. The summed E-state index contributed by atoms with van der Waals surface area (Å²) in [7, 11) is 4.20. The Bertz CT molecular complexity index is 362. The van der Waals surface area contributed by atoms with Crippen molar-refractivity contribution in [3.05, 3.63) is 11.9 Å². The van der Waals surface area contributed by atoms with Crippen LogP contribution in [0.25, 0.3) is 0 Å². The second-order valence-electron chi connectivity index (χ2n) is 5.15. The molecule has 0 radical (unpaired) electrons. The fraction of sp³-hybridized carbons (Fsp3) is 0.786. The van der Waals surface area contributed by atoms with Crippen LogP contribution in [0.2, 0.25) is 0 Å². The van der Waals surface area contributed by atoms with Gasteiger partial charge in [0.1, 0.15) is 0 Å². The predicted octanol–water partition coefficient (Wildman–Crippen LogP) is 1.98. The molecule has 0 aliphatic carbocycles. The number of ether oxygens (including phenoxy) is 1. The third kappa shape index (κ3) is 5.61. The quantitative estimate of drug-likeness (QED) is 0.695. The molecule has 19 heavy (non-hydrogen) atoms. The highest BCUT2D eigenvalue weighted by atomic mass is 16.5. The van der Waals surface area contributed by atoms with Crippen molar-refractivity contribution in [3.8, 4) is 0 Å². The van der Waals surface area contributed by atoms with Crippen molar-refractivity contribution in [1.29, 1.82) is 0 Å². The van der Waals surface area contributed by atoms with Gasteiger partial charge in [-0.2, -0.15) is 0 Å². The van der Waals surface area contributed by atoms with E-state index < -0.39 is 0 Å². The smallest absolute Gasteiger partial charge is 0.203 e. The lowest BCUT2D eigenvalue weighted by molar-refractivity contribution is 0.147. The Hall–Kier alpha value is -1.07. The molecule has 1 unspecified atom stereocenters. The Kier molecular flexibility index (Phi) is 6.87. The summed E-state index contributed by atoms with van der Waals surface area (Å²) in [6.07, 6.45) is 3.11. The van der Waals surface area contributed by atoms with Gasteiger partial charge in [-0.15, -0.1) is 0 Å². The Morgan fingerprint density at radius 1 is 1.47 bits per heavy atom. The van der Waals surface area contributed by atoms with Crippen LogP contribution in [0.3, 0.4) is 0 Å². The molecule has 0 aliphatic rings. The lowest BCUT2D eigenvalue weighted by Gasteiger charge is -2.21. The monoisotopic (exact) mass is 268 g/mol. The van der Waals surface area contributed by atoms with Crippen LogP contribution in [0.1, 0.15) is 26.0 Å². The van der Waals surface area contributed by atoms with Crippen molar-refractivity contribution in [2.45, 2.75) is 39.8 Å². The number of hydrogen-bond acceptors (Lipinski definition) is 4. The number of aryl methyl sites for hydroxylation is 1. The molecule has 1 atom stereocenters. The molecule has 0 saturated heterocycles.